The van der Waals surface area contributed by atoms with Gasteiger partial charge in [-0.1, -0.05) is 26.0 Å². The van der Waals surface area contributed by atoms with Crippen molar-refractivity contribution in [3.8, 4) is 5.75 Å². The van der Waals surface area contributed by atoms with E-state index in [4.69, 9.17) is 4.74 Å². The number of Topliss-reactive ketones (excluding diaryl/α,β-unsaturated/α-hetero) is 1. The van der Waals surface area contributed by atoms with Gasteiger partial charge in [0.15, 0.2) is 0 Å². The number of aliphatic hydroxyl groups excluding tert-OH is 1. The van der Waals surface area contributed by atoms with Crippen molar-refractivity contribution in [2.24, 2.45) is 0 Å². The molecular weight excluding hydrogens is 290 g/mol. The third-order valence-electron chi connectivity index (χ3n) is 3.86. The van der Waals surface area contributed by atoms with Crippen molar-refractivity contribution in [3.63, 3.8) is 0 Å². The van der Waals surface area contributed by atoms with Crippen molar-refractivity contribution in [1.29, 1.82) is 0 Å². The standard InChI is InChI=1S/C19H31NO3/c1-4-12-20(13-5-2)14-18(22)15-23-19-10-8-17(9-11-19)7-6-16(3)21/h8-11,18,22H,4-7,12-15H2,1-3H3/p+1/t18-/m0/s1. The second-order valence-corrected chi connectivity index (χ2v) is 6.26. The molecule has 4 nitrogen and oxygen atoms in total. The molecule has 1 aromatic carbocycles. The largest absolute Gasteiger partial charge is 0.491 e. The van der Waals surface area contributed by atoms with Gasteiger partial charge in [0.2, 0.25) is 0 Å². The van der Waals surface area contributed by atoms with E-state index in [-0.39, 0.29) is 5.78 Å². The zero-order valence-electron chi connectivity index (χ0n) is 14.8. The number of aryl methyl sites for hydroxylation is 1. The maximum atomic E-state index is 11.0. The molecule has 0 aromatic heterocycles. The number of carbonyl (C=O) groups is 1. The third-order valence-corrected chi connectivity index (χ3v) is 3.86. The van der Waals surface area contributed by atoms with Crippen LogP contribution in [0.2, 0.25) is 0 Å². The number of rotatable bonds is 12. The molecule has 0 aliphatic rings. The van der Waals surface area contributed by atoms with Gasteiger partial charge in [0.1, 0.15) is 30.8 Å². The molecule has 0 spiro atoms. The smallest absolute Gasteiger partial charge is 0.137 e. The van der Waals surface area contributed by atoms with Gasteiger partial charge in [-0.15, -0.1) is 0 Å². The number of benzene rings is 1. The van der Waals surface area contributed by atoms with Crippen LogP contribution < -0.4 is 9.64 Å². The quantitative estimate of drug-likeness (QED) is 0.615. The average molecular weight is 322 g/mol. The summed E-state index contributed by atoms with van der Waals surface area (Å²) in [4.78, 5) is 12.4. The number of quaternary nitrogens is 1. The number of ketones is 1. The van der Waals surface area contributed by atoms with Gasteiger partial charge in [-0.25, -0.2) is 0 Å². The monoisotopic (exact) mass is 322 g/mol. The van der Waals surface area contributed by atoms with E-state index in [2.05, 4.69) is 13.8 Å². The highest BCUT2D eigenvalue weighted by atomic mass is 16.5. The van der Waals surface area contributed by atoms with E-state index in [1.807, 2.05) is 24.3 Å². The Balaban J connectivity index is 2.37. The first-order valence-corrected chi connectivity index (χ1v) is 8.77. The summed E-state index contributed by atoms with van der Waals surface area (Å²) < 4.78 is 5.68. The number of aliphatic hydroxyl groups is 1. The number of carbonyl (C=O) groups excluding carboxylic acids is 1. The van der Waals surface area contributed by atoms with Crippen LogP contribution in [0.15, 0.2) is 24.3 Å². The molecule has 4 heteroatoms. The Hall–Kier alpha value is -1.39. The zero-order chi connectivity index (χ0) is 17.1. The second-order valence-electron chi connectivity index (χ2n) is 6.26. The van der Waals surface area contributed by atoms with Crippen LogP contribution in [-0.2, 0) is 11.2 Å². The highest BCUT2D eigenvalue weighted by Crippen LogP contribution is 2.13. The zero-order valence-corrected chi connectivity index (χ0v) is 14.8. The molecule has 1 rings (SSSR count). The minimum absolute atomic E-state index is 0.208. The Morgan fingerprint density at radius 2 is 1.78 bits per heavy atom. The van der Waals surface area contributed by atoms with Crippen molar-refractivity contribution in [2.75, 3.05) is 26.2 Å². The summed E-state index contributed by atoms with van der Waals surface area (Å²) in [7, 11) is 0. The van der Waals surface area contributed by atoms with Gasteiger partial charge < -0.3 is 19.5 Å². The minimum Gasteiger partial charge on any atom is -0.491 e. The van der Waals surface area contributed by atoms with Crippen molar-refractivity contribution < 1.29 is 19.5 Å². The van der Waals surface area contributed by atoms with E-state index in [9.17, 15) is 9.90 Å². The van der Waals surface area contributed by atoms with E-state index < -0.39 is 6.10 Å². The summed E-state index contributed by atoms with van der Waals surface area (Å²) in [6.45, 7) is 9.20. The first kappa shape index (κ1) is 19.7. The Kier molecular flexibility index (Phi) is 9.57. The number of nitrogens with one attached hydrogen (secondary N) is 1. The van der Waals surface area contributed by atoms with Gasteiger partial charge in [0, 0.05) is 6.42 Å². The van der Waals surface area contributed by atoms with Crippen LogP contribution in [0.1, 0.15) is 45.6 Å². The Bertz CT molecular complexity index is 438. The molecule has 0 aliphatic carbocycles. The molecule has 0 unspecified atom stereocenters. The summed E-state index contributed by atoms with van der Waals surface area (Å²) in [5.74, 6) is 0.975. The van der Waals surface area contributed by atoms with E-state index >= 15 is 0 Å². The van der Waals surface area contributed by atoms with Gasteiger partial charge in [-0.2, -0.15) is 0 Å². The van der Waals surface area contributed by atoms with Gasteiger partial charge in [-0.05, 0) is 43.9 Å². The predicted octanol–water partition coefficient (Wildman–Crippen LogP) is 1.65. The molecule has 23 heavy (non-hydrogen) atoms. The van der Waals surface area contributed by atoms with Crippen molar-refractivity contribution in [2.45, 2.75) is 52.6 Å². The molecule has 0 saturated carbocycles. The number of ether oxygens (including phenoxy) is 1. The molecule has 2 N–H and O–H groups in total. The molecule has 0 radical (unpaired) electrons. The summed E-state index contributed by atoms with van der Waals surface area (Å²) >= 11 is 0. The molecule has 0 heterocycles. The van der Waals surface area contributed by atoms with Gasteiger partial charge in [0.05, 0.1) is 13.1 Å². The molecule has 130 valence electrons. The van der Waals surface area contributed by atoms with Gasteiger partial charge >= 0.3 is 0 Å². The SMILES string of the molecule is CCC[NH+](CCC)C[C@H](O)COc1ccc(CCC(C)=O)cc1. The fraction of sp³-hybridized carbons (Fsp3) is 0.632. The molecule has 0 saturated heterocycles. The van der Waals surface area contributed by atoms with Crippen LogP contribution in [0.25, 0.3) is 0 Å². The lowest BCUT2D eigenvalue weighted by Crippen LogP contribution is -3.13. The van der Waals surface area contributed by atoms with E-state index in [1.54, 1.807) is 6.92 Å². The van der Waals surface area contributed by atoms with Gasteiger partial charge in [-0.3, -0.25) is 0 Å². The van der Waals surface area contributed by atoms with Crippen molar-refractivity contribution in [3.05, 3.63) is 29.8 Å². The second kappa shape index (κ2) is 11.2. The van der Waals surface area contributed by atoms with Crippen LogP contribution in [-0.4, -0.2) is 43.2 Å². The topological polar surface area (TPSA) is 51.0 Å². The van der Waals surface area contributed by atoms with Crippen LogP contribution in [0.4, 0.5) is 0 Å². The lowest BCUT2D eigenvalue weighted by Gasteiger charge is -2.21. The molecule has 0 fully saturated rings. The highest BCUT2D eigenvalue weighted by molar-refractivity contribution is 5.75. The predicted molar refractivity (Wildman–Crippen MR) is 93.1 cm³/mol. The summed E-state index contributed by atoms with van der Waals surface area (Å²) in [5, 5.41) is 10.2. The maximum Gasteiger partial charge on any atom is 0.137 e. The van der Waals surface area contributed by atoms with E-state index in [0.29, 0.717) is 13.0 Å². The molecule has 1 aromatic rings. The van der Waals surface area contributed by atoms with Crippen LogP contribution in [0.3, 0.4) is 0 Å². The molecule has 0 aliphatic heterocycles. The first-order chi connectivity index (χ1) is 11.0. The Morgan fingerprint density at radius 1 is 1.17 bits per heavy atom. The molecule has 1 atom stereocenters. The Morgan fingerprint density at radius 3 is 2.30 bits per heavy atom. The van der Waals surface area contributed by atoms with Crippen molar-refractivity contribution in [1.82, 2.24) is 0 Å². The fourth-order valence-electron chi connectivity index (χ4n) is 2.69. The van der Waals surface area contributed by atoms with Crippen LogP contribution in [0, 0.1) is 0 Å². The summed E-state index contributed by atoms with van der Waals surface area (Å²) in [6.07, 6.45) is 3.16. The molecule has 0 amide bonds. The summed E-state index contributed by atoms with van der Waals surface area (Å²) in [5.41, 5.74) is 1.13. The molecular formula is C19H32NO3+. The number of hydrogen-bond acceptors (Lipinski definition) is 3. The lowest BCUT2D eigenvalue weighted by atomic mass is 10.1. The Labute approximate surface area is 140 Å². The van der Waals surface area contributed by atoms with Gasteiger partial charge in [0.25, 0.3) is 0 Å². The number of hydrogen-bond donors (Lipinski definition) is 2. The highest BCUT2D eigenvalue weighted by Gasteiger charge is 2.14. The van der Waals surface area contributed by atoms with Crippen molar-refractivity contribution >= 4 is 5.78 Å². The molecule has 0 bridgehead atoms. The first-order valence-electron chi connectivity index (χ1n) is 8.77. The maximum absolute atomic E-state index is 11.0. The third kappa shape index (κ3) is 8.72. The minimum atomic E-state index is -0.444. The lowest BCUT2D eigenvalue weighted by molar-refractivity contribution is -0.903. The average Bonchev–Trinajstić information content (AvgIpc) is 2.52. The fourth-order valence-corrected chi connectivity index (χ4v) is 2.69. The normalized spacial score (nSPS) is 12.4. The summed E-state index contributed by atoms with van der Waals surface area (Å²) in [6, 6.07) is 7.78. The van der Waals surface area contributed by atoms with Crippen LogP contribution >= 0.6 is 0 Å². The van der Waals surface area contributed by atoms with E-state index in [0.717, 1.165) is 50.2 Å². The van der Waals surface area contributed by atoms with E-state index in [1.165, 1.54) is 4.90 Å². The van der Waals surface area contributed by atoms with Crippen LogP contribution in [0.5, 0.6) is 5.75 Å².